The van der Waals surface area contributed by atoms with Gasteiger partial charge < -0.3 is 14.8 Å². The highest BCUT2D eigenvalue weighted by atomic mass is 16.5. The molecule has 0 aliphatic heterocycles. The molecule has 2 atom stereocenters. The van der Waals surface area contributed by atoms with Crippen LogP contribution in [0, 0.1) is 0 Å². The van der Waals surface area contributed by atoms with E-state index >= 15 is 0 Å². The maximum atomic E-state index is 5.63. The van der Waals surface area contributed by atoms with Crippen molar-refractivity contribution in [2.75, 3.05) is 13.7 Å². The molecule has 0 fully saturated rings. The summed E-state index contributed by atoms with van der Waals surface area (Å²) in [5, 5.41) is 3.49. The standard InChI is InChI=1S/C15H25NO2/c1-11(2)18-15-8-6-14(7-9-15)13(4)16-12(3)10-17-5/h6-9,11-13,16H,10H2,1-5H3. The number of benzene rings is 1. The zero-order chi connectivity index (χ0) is 13.5. The molecule has 0 amide bonds. The molecular weight excluding hydrogens is 226 g/mol. The predicted molar refractivity (Wildman–Crippen MR) is 75.1 cm³/mol. The lowest BCUT2D eigenvalue weighted by molar-refractivity contribution is 0.167. The van der Waals surface area contributed by atoms with Gasteiger partial charge in [-0.05, 0) is 45.4 Å². The van der Waals surface area contributed by atoms with Gasteiger partial charge in [0.1, 0.15) is 5.75 Å². The summed E-state index contributed by atoms with van der Waals surface area (Å²) >= 11 is 0. The van der Waals surface area contributed by atoms with E-state index in [1.807, 2.05) is 26.0 Å². The molecule has 0 spiro atoms. The Hall–Kier alpha value is -1.06. The molecule has 18 heavy (non-hydrogen) atoms. The van der Waals surface area contributed by atoms with Gasteiger partial charge in [0.05, 0.1) is 12.7 Å². The Kier molecular flexibility index (Phi) is 6.16. The van der Waals surface area contributed by atoms with Crippen molar-refractivity contribution < 1.29 is 9.47 Å². The van der Waals surface area contributed by atoms with Crippen LogP contribution in [0.4, 0.5) is 0 Å². The third-order valence-electron chi connectivity index (χ3n) is 2.70. The van der Waals surface area contributed by atoms with Gasteiger partial charge in [0.25, 0.3) is 0 Å². The average Bonchev–Trinajstić information content (AvgIpc) is 2.29. The van der Waals surface area contributed by atoms with E-state index in [-0.39, 0.29) is 6.10 Å². The minimum Gasteiger partial charge on any atom is -0.491 e. The van der Waals surface area contributed by atoms with Crippen molar-refractivity contribution in [3.63, 3.8) is 0 Å². The lowest BCUT2D eigenvalue weighted by atomic mass is 10.1. The van der Waals surface area contributed by atoms with E-state index in [0.29, 0.717) is 12.1 Å². The van der Waals surface area contributed by atoms with Crippen molar-refractivity contribution in [2.45, 2.75) is 45.9 Å². The zero-order valence-corrected chi connectivity index (χ0v) is 12.1. The molecule has 0 bridgehead atoms. The smallest absolute Gasteiger partial charge is 0.119 e. The monoisotopic (exact) mass is 251 g/mol. The third-order valence-corrected chi connectivity index (χ3v) is 2.70. The molecule has 0 radical (unpaired) electrons. The van der Waals surface area contributed by atoms with Gasteiger partial charge in [0.15, 0.2) is 0 Å². The second-order valence-corrected chi connectivity index (χ2v) is 4.98. The van der Waals surface area contributed by atoms with Gasteiger partial charge in [-0.3, -0.25) is 0 Å². The summed E-state index contributed by atoms with van der Waals surface area (Å²) in [6, 6.07) is 8.91. The predicted octanol–water partition coefficient (Wildman–Crippen LogP) is 3.16. The first-order valence-corrected chi connectivity index (χ1v) is 6.54. The van der Waals surface area contributed by atoms with Crippen molar-refractivity contribution in [3.8, 4) is 5.75 Å². The van der Waals surface area contributed by atoms with Gasteiger partial charge in [-0.15, -0.1) is 0 Å². The second kappa shape index (κ2) is 7.39. The van der Waals surface area contributed by atoms with Crippen LogP contribution in [0.25, 0.3) is 0 Å². The van der Waals surface area contributed by atoms with Crippen molar-refractivity contribution in [2.24, 2.45) is 0 Å². The van der Waals surface area contributed by atoms with E-state index in [9.17, 15) is 0 Å². The van der Waals surface area contributed by atoms with Crippen LogP contribution >= 0.6 is 0 Å². The van der Waals surface area contributed by atoms with Crippen molar-refractivity contribution >= 4 is 0 Å². The maximum absolute atomic E-state index is 5.63. The molecule has 1 aromatic rings. The van der Waals surface area contributed by atoms with Crippen molar-refractivity contribution in [3.05, 3.63) is 29.8 Å². The van der Waals surface area contributed by atoms with Crippen LogP contribution in [0.5, 0.6) is 5.75 Å². The topological polar surface area (TPSA) is 30.5 Å². The number of rotatable bonds is 7. The molecule has 0 heterocycles. The van der Waals surface area contributed by atoms with E-state index < -0.39 is 0 Å². The molecule has 2 unspecified atom stereocenters. The minimum absolute atomic E-state index is 0.216. The molecule has 1 aromatic carbocycles. The van der Waals surface area contributed by atoms with Crippen LogP contribution < -0.4 is 10.1 Å². The van der Waals surface area contributed by atoms with E-state index in [0.717, 1.165) is 12.4 Å². The molecule has 0 aliphatic rings. The Balaban J connectivity index is 2.55. The Morgan fingerprint density at radius 3 is 2.17 bits per heavy atom. The van der Waals surface area contributed by atoms with Crippen LogP contribution in [0.3, 0.4) is 0 Å². The molecule has 3 nitrogen and oxygen atoms in total. The lowest BCUT2D eigenvalue weighted by Crippen LogP contribution is -2.32. The first kappa shape index (κ1) is 15.0. The Bertz CT molecular complexity index is 335. The van der Waals surface area contributed by atoms with Gasteiger partial charge in [-0.2, -0.15) is 0 Å². The molecule has 1 N–H and O–H groups in total. The largest absolute Gasteiger partial charge is 0.491 e. The van der Waals surface area contributed by atoms with Crippen molar-refractivity contribution in [1.29, 1.82) is 0 Å². The summed E-state index contributed by atoms with van der Waals surface area (Å²) in [5.74, 6) is 0.922. The summed E-state index contributed by atoms with van der Waals surface area (Å²) in [5.41, 5.74) is 1.26. The molecular formula is C15H25NO2. The Labute approximate surface area is 110 Å². The summed E-state index contributed by atoms with van der Waals surface area (Å²) in [6.45, 7) is 9.06. The van der Waals surface area contributed by atoms with Crippen LogP contribution in [-0.2, 0) is 4.74 Å². The van der Waals surface area contributed by atoms with Gasteiger partial charge in [-0.25, -0.2) is 0 Å². The Morgan fingerprint density at radius 1 is 1.06 bits per heavy atom. The highest BCUT2D eigenvalue weighted by Crippen LogP contribution is 2.18. The number of hydrogen-bond acceptors (Lipinski definition) is 3. The zero-order valence-electron chi connectivity index (χ0n) is 12.1. The summed E-state index contributed by atoms with van der Waals surface area (Å²) in [4.78, 5) is 0. The molecule has 0 aromatic heterocycles. The molecule has 3 heteroatoms. The lowest BCUT2D eigenvalue weighted by Gasteiger charge is -2.20. The fraction of sp³-hybridized carbons (Fsp3) is 0.600. The van der Waals surface area contributed by atoms with E-state index in [1.165, 1.54) is 5.56 Å². The van der Waals surface area contributed by atoms with E-state index in [1.54, 1.807) is 7.11 Å². The summed E-state index contributed by atoms with van der Waals surface area (Å²) in [7, 11) is 1.72. The number of methoxy groups -OCH3 is 1. The Morgan fingerprint density at radius 2 is 1.67 bits per heavy atom. The van der Waals surface area contributed by atoms with Crippen LogP contribution in [-0.4, -0.2) is 25.9 Å². The normalized spacial score (nSPS) is 14.6. The SMILES string of the molecule is COCC(C)NC(C)c1ccc(OC(C)C)cc1. The van der Waals surface area contributed by atoms with Crippen LogP contribution in [0.15, 0.2) is 24.3 Å². The van der Waals surface area contributed by atoms with Gasteiger partial charge >= 0.3 is 0 Å². The highest BCUT2D eigenvalue weighted by Gasteiger charge is 2.09. The fourth-order valence-corrected chi connectivity index (χ4v) is 1.93. The summed E-state index contributed by atoms with van der Waals surface area (Å²) in [6.07, 6.45) is 0.216. The van der Waals surface area contributed by atoms with Crippen LogP contribution in [0.1, 0.15) is 39.3 Å². The number of hydrogen-bond donors (Lipinski definition) is 1. The van der Waals surface area contributed by atoms with Gasteiger partial charge in [0.2, 0.25) is 0 Å². The minimum atomic E-state index is 0.216. The summed E-state index contributed by atoms with van der Waals surface area (Å²) < 4.78 is 10.7. The quantitative estimate of drug-likeness (QED) is 0.807. The molecule has 0 saturated carbocycles. The van der Waals surface area contributed by atoms with Crippen LogP contribution in [0.2, 0.25) is 0 Å². The van der Waals surface area contributed by atoms with Gasteiger partial charge in [-0.1, -0.05) is 12.1 Å². The first-order chi connectivity index (χ1) is 8.52. The second-order valence-electron chi connectivity index (χ2n) is 4.98. The van der Waals surface area contributed by atoms with E-state index in [2.05, 4.69) is 31.3 Å². The number of ether oxygens (including phenoxy) is 2. The highest BCUT2D eigenvalue weighted by molar-refractivity contribution is 5.29. The fourth-order valence-electron chi connectivity index (χ4n) is 1.93. The van der Waals surface area contributed by atoms with E-state index in [4.69, 9.17) is 9.47 Å². The maximum Gasteiger partial charge on any atom is 0.119 e. The third kappa shape index (κ3) is 5.07. The first-order valence-electron chi connectivity index (χ1n) is 6.54. The molecule has 0 aliphatic carbocycles. The molecule has 1 rings (SSSR count). The number of nitrogens with one attached hydrogen (secondary N) is 1. The van der Waals surface area contributed by atoms with Gasteiger partial charge in [0, 0.05) is 19.2 Å². The molecule has 102 valence electrons. The average molecular weight is 251 g/mol. The van der Waals surface area contributed by atoms with Crippen molar-refractivity contribution in [1.82, 2.24) is 5.32 Å². The molecule has 0 saturated heterocycles.